The fourth-order valence-corrected chi connectivity index (χ4v) is 7.82. The van der Waals surface area contributed by atoms with Gasteiger partial charge in [-0.15, -0.1) is 0 Å². The number of carbonyl (C=O) groups is 1. The van der Waals surface area contributed by atoms with Crippen LogP contribution >= 0.6 is 0 Å². The fraction of sp³-hybridized carbons (Fsp3) is 0.607. The van der Waals surface area contributed by atoms with Crippen molar-refractivity contribution in [2.24, 2.45) is 28.6 Å². The van der Waals surface area contributed by atoms with Crippen molar-refractivity contribution in [2.75, 3.05) is 0 Å². The molecular weight excluding hydrogens is 368 g/mol. The van der Waals surface area contributed by atoms with E-state index in [1.54, 1.807) is 18.1 Å². The molecule has 4 aliphatic carbocycles. The molecular formula is C28H36O2. The van der Waals surface area contributed by atoms with Crippen molar-refractivity contribution in [2.45, 2.75) is 78.7 Å². The Morgan fingerprint density at radius 1 is 1.00 bits per heavy atom. The smallest absolute Gasteiger partial charge is 0.302 e. The third-order valence-corrected chi connectivity index (χ3v) is 9.41. The normalized spacial score (nSPS) is 39.9. The monoisotopic (exact) mass is 404 g/mol. The number of aryl methyl sites for hydroxylation is 1. The SMILES string of the molecule is CC(=O)O[C@H]1CC[C@@]2(C)C(=CC[C@@H]3[C@@H]2CC[C@]2(C)C(c4ccccc4C)=CC[C@@H]32)C1. The molecule has 0 aromatic heterocycles. The van der Waals surface area contributed by atoms with Crippen molar-refractivity contribution < 1.29 is 9.53 Å². The van der Waals surface area contributed by atoms with Gasteiger partial charge in [-0.1, -0.05) is 55.8 Å². The molecule has 0 heterocycles. The van der Waals surface area contributed by atoms with Crippen molar-refractivity contribution in [1.29, 1.82) is 0 Å². The molecule has 2 nitrogen and oxygen atoms in total. The Bertz CT molecular complexity index is 924. The van der Waals surface area contributed by atoms with Crippen molar-refractivity contribution in [3.05, 3.63) is 53.1 Å². The maximum atomic E-state index is 11.5. The topological polar surface area (TPSA) is 26.3 Å². The van der Waals surface area contributed by atoms with Crippen LogP contribution < -0.4 is 0 Å². The van der Waals surface area contributed by atoms with Gasteiger partial charge >= 0.3 is 5.97 Å². The number of benzene rings is 1. The molecule has 160 valence electrons. The standard InChI is InChI=1S/C28H36O2/c1-18-7-5-6-8-22(18)24-11-12-25-23-10-9-20-17-21(30-19(2)29)13-15-27(20,3)26(23)14-16-28(24,25)4/h5-9,11,21,23,25-26H,10,12-17H2,1-4H3/t21-,23-,25-,26-,27-,28+/m0/s1. The van der Waals surface area contributed by atoms with Crippen molar-refractivity contribution >= 4 is 11.5 Å². The minimum Gasteiger partial charge on any atom is -0.462 e. The maximum Gasteiger partial charge on any atom is 0.302 e. The summed E-state index contributed by atoms with van der Waals surface area (Å²) in [5.74, 6) is 2.18. The van der Waals surface area contributed by atoms with Gasteiger partial charge in [-0.25, -0.2) is 0 Å². The van der Waals surface area contributed by atoms with Crippen LogP contribution in [0, 0.1) is 35.5 Å². The first-order valence-corrected chi connectivity index (χ1v) is 12.0. The van der Waals surface area contributed by atoms with E-state index in [1.807, 2.05) is 0 Å². The highest BCUT2D eigenvalue weighted by atomic mass is 16.5. The Kier molecular flexibility index (Phi) is 4.76. The fourth-order valence-electron chi connectivity index (χ4n) is 7.82. The van der Waals surface area contributed by atoms with Gasteiger partial charge in [0.15, 0.2) is 0 Å². The zero-order valence-electron chi connectivity index (χ0n) is 19.0. The van der Waals surface area contributed by atoms with Crippen LogP contribution in [-0.4, -0.2) is 12.1 Å². The number of hydrogen-bond acceptors (Lipinski definition) is 2. The van der Waals surface area contributed by atoms with Crippen molar-refractivity contribution in [3.8, 4) is 0 Å². The molecule has 30 heavy (non-hydrogen) atoms. The predicted molar refractivity (Wildman–Crippen MR) is 122 cm³/mol. The van der Waals surface area contributed by atoms with E-state index in [4.69, 9.17) is 4.74 Å². The van der Waals surface area contributed by atoms with Gasteiger partial charge in [-0.2, -0.15) is 0 Å². The number of hydrogen-bond donors (Lipinski definition) is 0. The summed E-state index contributed by atoms with van der Waals surface area (Å²) in [6.45, 7) is 8.88. The lowest BCUT2D eigenvalue weighted by molar-refractivity contribution is -0.148. The molecule has 0 amide bonds. The Morgan fingerprint density at radius 3 is 2.53 bits per heavy atom. The lowest BCUT2D eigenvalue weighted by Crippen LogP contribution is -2.50. The van der Waals surface area contributed by atoms with Gasteiger partial charge in [0.05, 0.1) is 0 Å². The molecule has 2 heteroatoms. The van der Waals surface area contributed by atoms with E-state index in [1.165, 1.54) is 43.2 Å². The van der Waals surface area contributed by atoms with Gasteiger partial charge in [-0.05, 0) is 90.7 Å². The number of fused-ring (bicyclic) bond motifs is 5. The first-order chi connectivity index (χ1) is 14.3. The Hall–Kier alpha value is -1.83. The summed E-state index contributed by atoms with van der Waals surface area (Å²) in [6, 6.07) is 8.95. The molecule has 4 aliphatic rings. The second-order valence-corrected chi connectivity index (χ2v) is 10.9. The van der Waals surface area contributed by atoms with Crippen molar-refractivity contribution in [3.63, 3.8) is 0 Å². The Morgan fingerprint density at radius 2 is 1.77 bits per heavy atom. The number of allylic oxidation sites excluding steroid dienone is 3. The second-order valence-electron chi connectivity index (χ2n) is 10.9. The minimum absolute atomic E-state index is 0.0908. The number of esters is 1. The zero-order valence-corrected chi connectivity index (χ0v) is 19.0. The summed E-state index contributed by atoms with van der Waals surface area (Å²) < 4.78 is 5.59. The summed E-state index contributed by atoms with van der Waals surface area (Å²) in [6.07, 6.45) is 13.4. The van der Waals surface area contributed by atoms with Crippen LogP contribution in [0.15, 0.2) is 42.0 Å². The number of ether oxygens (including phenoxy) is 1. The number of carbonyl (C=O) groups excluding carboxylic acids is 1. The highest BCUT2D eigenvalue weighted by molar-refractivity contribution is 5.75. The van der Waals surface area contributed by atoms with Crippen LogP contribution in [0.1, 0.15) is 76.8 Å². The third-order valence-electron chi connectivity index (χ3n) is 9.41. The van der Waals surface area contributed by atoms with E-state index in [0.29, 0.717) is 10.8 Å². The van der Waals surface area contributed by atoms with E-state index >= 15 is 0 Å². The molecule has 0 radical (unpaired) electrons. The molecule has 2 saturated carbocycles. The average molecular weight is 405 g/mol. The van der Waals surface area contributed by atoms with Crippen LogP contribution in [0.25, 0.3) is 5.57 Å². The van der Waals surface area contributed by atoms with Crippen LogP contribution in [0.3, 0.4) is 0 Å². The molecule has 0 saturated heterocycles. The minimum atomic E-state index is -0.132. The molecule has 2 fully saturated rings. The Balaban J connectivity index is 1.42. The van der Waals surface area contributed by atoms with E-state index in [9.17, 15) is 4.79 Å². The zero-order chi connectivity index (χ0) is 21.1. The van der Waals surface area contributed by atoms with Gasteiger partial charge in [0.25, 0.3) is 0 Å². The summed E-state index contributed by atoms with van der Waals surface area (Å²) in [4.78, 5) is 11.5. The van der Waals surface area contributed by atoms with Crippen molar-refractivity contribution in [1.82, 2.24) is 0 Å². The van der Waals surface area contributed by atoms with Crippen LogP contribution in [0.5, 0.6) is 0 Å². The molecule has 0 unspecified atom stereocenters. The van der Waals surface area contributed by atoms with E-state index < -0.39 is 0 Å². The summed E-state index contributed by atoms with van der Waals surface area (Å²) in [5, 5.41) is 0. The van der Waals surface area contributed by atoms with Gasteiger partial charge < -0.3 is 4.74 Å². The number of rotatable bonds is 2. The van der Waals surface area contributed by atoms with Gasteiger partial charge in [-0.3, -0.25) is 4.79 Å². The molecule has 0 spiro atoms. The molecule has 5 rings (SSSR count). The maximum absolute atomic E-state index is 11.5. The van der Waals surface area contributed by atoms with Crippen LogP contribution in [0.4, 0.5) is 0 Å². The van der Waals surface area contributed by atoms with Gasteiger partial charge in [0.2, 0.25) is 0 Å². The first-order valence-electron chi connectivity index (χ1n) is 12.0. The van der Waals surface area contributed by atoms with Gasteiger partial charge in [0.1, 0.15) is 6.10 Å². The van der Waals surface area contributed by atoms with Crippen LogP contribution in [-0.2, 0) is 9.53 Å². The summed E-state index contributed by atoms with van der Waals surface area (Å²) in [7, 11) is 0. The molecule has 6 atom stereocenters. The third kappa shape index (κ3) is 2.93. The van der Waals surface area contributed by atoms with Gasteiger partial charge in [0, 0.05) is 13.3 Å². The molecule has 0 bridgehead atoms. The highest BCUT2D eigenvalue weighted by Crippen LogP contribution is 2.66. The van der Waals surface area contributed by atoms with E-state index in [2.05, 4.69) is 57.2 Å². The predicted octanol–water partition coefficient (Wildman–Crippen LogP) is 6.88. The summed E-state index contributed by atoms with van der Waals surface area (Å²) >= 11 is 0. The largest absolute Gasteiger partial charge is 0.462 e. The Labute approximate surface area is 181 Å². The summed E-state index contributed by atoms with van der Waals surface area (Å²) in [5.41, 5.74) is 6.68. The average Bonchev–Trinajstić information content (AvgIpc) is 3.05. The van der Waals surface area contributed by atoms with Crippen LogP contribution in [0.2, 0.25) is 0 Å². The van der Waals surface area contributed by atoms with E-state index in [-0.39, 0.29) is 12.1 Å². The van der Waals surface area contributed by atoms with E-state index in [0.717, 1.165) is 30.6 Å². The molecule has 1 aromatic rings. The lowest BCUT2D eigenvalue weighted by atomic mass is 9.47. The molecule has 0 N–H and O–H groups in total. The molecule has 0 aliphatic heterocycles. The second kappa shape index (κ2) is 7.11. The highest BCUT2D eigenvalue weighted by Gasteiger charge is 2.57. The quantitative estimate of drug-likeness (QED) is 0.396. The molecule has 1 aromatic carbocycles. The lowest BCUT2D eigenvalue weighted by Gasteiger charge is -2.58. The first kappa shape index (κ1) is 20.1.